The minimum atomic E-state index is -1.09. The third-order valence-electron chi connectivity index (χ3n) is 4.03. The van der Waals surface area contributed by atoms with Crippen LogP contribution in [0.15, 0.2) is 18.5 Å². The van der Waals surface area contributed by atoms with E-state index in [-0.39, 0.29) is 23.8 Å². The van der Waals surface area contributed by atoms with Gasteiger partial charge in [0, 0.05) is 12.2 Å². The van der Waals surface area contributed by atoms with Crippen molar-refractivity contribution < 1.29 is 9.90 Å². The third-order valence-corrected chi connectivity index (χ3v) is 4.03. The summed E-state index contributed by atoms with van der Waals surface area (Å²) in [4.78, 5) is 14.9. The molecule has 106 valence electrons. The van der Waals surface area contributed by atoms with Crippen LogP contribution < -0.4 is 11.1 Å². The molecule has 1 aromatic rings. The molecule has 1 saturated carbocycles. The van der Waals surface area contributed by atoms with E-state index in [1.807, 2.05) is 13.0 Å². The Morgan fingerprint density at radius 2 is 2.35 bits per heavy atom. The van der Waals surface area contributed by atoms with Gasteiger partial charge in [-0.3, -0.25) is 4.98 Å². The number of nitriles is 1. The molecule has 1 aliphatic rings. The molecule has 1 heterocycles. The molecule has 0 aromatic carbocycles. The molecular weight excluding hydrogens is 256 g/mol. The highest BCUT2D eigenvalue weighted by Gasteiger charge is 2.37. The molecule has 20 heavy (non-hydrogen) atoms. The van der Waals surface area contributed by atoms with Crippen LogP contribution in [0, 0.1) is 23.2 Å². The van der Waals surface area contributed by atoms with Crippen molar-refractivity contribution in [1.82, 2.24) is 10.3 Å². The lowest BCUT2D eigenvalue weighted by atomic mass is 9.70. The van der Waals surface area contributed by atoms with Crippen LogP contribution in [-0.2, 0) is 0 Å². The number of rotatable bonds is 2. The van der Waals surface area contributed by atoms with Gasteiger partial charge in [0.2, 0.25) is 0 Å². The summed E-state index contributed by atoms with van der Waals surface area (Å²) in [5.74, 6) is -0.0389. The van der Waals surface area contributed by atoms with E-state index >= 15 is 0 Å². The van der Waals surface area contributed by atoms with Gasteiger partial charge in [0.1, 0.15) is 0 Å². The Kier molecular flexibility index (Phi) is 4.08. The Morgan fingerprint density at radius 1 is 1.60 bits per heavy atom. The van der Waals surface area contributed by atoms with Crippen LogP contribution in [0.5, 0.6) is 0 Å². The lowest BCUT2D eigenvalue weighted by Gasteiger charge is -2.37. The normalized spacial score (nSPS) is 29.4. The number of carbonyl (C=O) groups is 1. The number of nitrogen functional groups attached to an aromatic ring is 1. The van der Waals surface area contributed by atoms with E-state index in [0.717, 1.165) is 12.0 Å². The van der Waals surface area contributed by atoms with Gasteiger partial charge >= 0.3 is 6.09 Å². The number of nitrogens with two attached hydrogens (primary N) is 1. The number of nitrogens with one attached hydrogen (secondary N) is 1. The predicted octanol–water partition coefficient (Wildman–Crippen LogP) is 1.95. The van der Waals surface area contributed by atoms with Gasteiger partial charge in [-0.05, 0) is 36.3 Å². The van der Waals surface area contributed by atoms with Gasteiger partial charge in [0.05, 0.1) is 23.9 Å². The summed E-state index contributed by atoms with van der Waals surface area (Å²) in [7, 11) is 0. The smallest absolute Gasteiger partial charge is 0.404 e. The van der Waals surface area contributed by atoms with Crippen molar-refractivity contribution >= 4 is 11.8 Å². The predicted molar refractivity (Wildman–Crippen MR) is 73.8 cm³/mol. The van der Waals surface area contributed by atoms with Gasteiger partial charge in [-0.25, -0.2) is 4.79 Å². The number of pyridine rings is 1. The van der Waals surface area contributed by atoms with Crippen LogP contribution in [0.2, 0.25) is 0 Å². The fourth-order valence-electron chi connectivity index (χ4n) is 3.11. The Bertz CT molecular complexity index is 540. The molecule has 0 radical (unpaired) electrons. The summed E-state index contributed by atoms with van der Waals surface area (Å²) in [6.45, 7) is 1.98. The van der Waals surface area contributed by atoms with Crippen molar-refractivity contribution in [3.63, 3.8) is 0 Å². The highest BCUT2D eigenvalue weighted by molar-refractivity contribution is 5.65. The van der Waals surface area contributed by atoms with Crippen molar-refractivity contribution in [3.05, 3.63) is 24.0 Å². The average molecular weight is 274 g/mol. The second-order valence-electron chi connectivity index (χ2n) is 5.36. The fraction of sp³-hybridized carbons (Fsp3) is 0.500. The summed E-state index contributed by atoms with van der Waals surface area (Å²) in [5, 5.41) is 20.6. The van der Waals surface area contributed by atoms with Crippen LogP contribution in [0.3, 0.4) is 0 Å². The zero-order valence-electron chi connectivity index (χ0n) is 11.3. The maximum atomic E-state index is 10.9. The Balaban J connectivity index is 2.24. The maximum absolute atomic E-state index is 10.9. The van der Waals surface area contributed by atoms with E-state index in [1.165, 1.54) is 0 Å². The molecule has 1 aromatic heterocycles. The van der Waals surface area contributed by atoms with E-state index in [9.17, 15) is 10.1 Å². The summed E-state index contributed by atoms with van der Waals surface area (Å²) in [6, 6.07) is 3.74. The second-order valence-corrected chi connectivity index (χ2v) is 5.36. The van der Waals surface area contributed by atoms with Gasteiger partial charge in [0.25, 0.3) is 0 Å². The zero-order valence-corrected chi connectivity index (χ0v) is 11.3. The lowest BCUT2D eigenvalue weighted by molar-refractivity contribution is 0.167. The fourth-order valence-corrected chi connectivity index (χ4v) is 3.11. The topological polar surface area (TPSA) is 112 Å². The summed E-state index contributed by atoms with van der Waals surface area (Å²) in [5.41, 5.74) is 7.55. The lowest BCUT2D eigenvalue weighted by Crippen LogP contribution is -2.45. The highest BCUT2D eigenvalue weighted by atomic mass is 16.4. The molecule has 3 unspecified atom stereocenters. The van der Waals surface area contributed by atoms with Crippen LogP contribution in [-0.4, -0.2) is 22.2 Å². The standard InChI is InChI=1S/C14H18N4O2/c1-8-4-9(10-2-3-17-7-12(10)16)5-13(11(8)6-15)18-14(19)20/h2-3,7-9,11,13,18H,4-5,16H2,1H3,(H,19,20)/t8?,9-,11?,13?/m1/s1. The molecule has 1 fully saturated rings. The number of aromatic nitrogens is 1. The molecule has 6 heteroatoms. The van der Waals surface area contributed by atoms with Crippen LogP contribution in [0.25, 0.3) is 0 Å². The second kappa shape index (κ2) is 5.78. The largest absolute Gasteiger partial charge is 0.465 e. The Hall–Kier alpha value is -2.29. The summed E-state index contributed by atoms with van der Waals surface area (Å²) < 4.78 is 0. The number of hydrogen-bond donors (Lipinski definition) is 3. The van der Waals surface area contributed by atoms with E-state index in [1.54, 1.807) is 12.4 Å². The molecule has 4 atom stereocenters. The third kappa shape index (κ3) is 2.82. The summed E-state index contributed by atoms with van der Waals surface area (Å²) >= 11 is 0. The van der Waals surface area contributed by atoms with Crippen LogP contribution >= 0.6 is 0 Å². The highest BCUT2D eigenvalue weighted by Crippen LogP contribution is 2.40. The van der Waals surface area contributed by atoms with Gasteiger partial charge in [-0.15, -0.1) is 0 Å². The number of amides is 1. The minimum absolute atomic E-state index is 0.114. The summed E-state index contributed by atoms with van der Waals surface area (Å²) in [6.07, 6.45) is 3.61. The quantitative estimate of drug-likeness (QED) is 0.763. The molecule has 1 aliphatic carbocycles. The van der Waals surface area contributed by atoms with E-state index in [4.69, 9.17) is 10.8 Å². The Morgan fingerprint density at radius 3 is 2.95 bits per heavy atom. The van der Waals surface area contributed by atoms with Crippen molar-refractivity contribution in [2.45, 2.75) is 31.7 Å². The molecule has 2 rings (SSSR count). The Labute approximate surface area is 117 Å². The first-order chi connectivity index (χ1) is 9.52. The number of anilines is 1. The molecule has 4 N–H and O–H groups in total. The van der Waals surface area contributed by atoms with Crippen LogP contribution in [0.1, 0.15) is 31.2 Å². The minimum Gasteiger partial charge on any atom is -0.465 e. The zero-order chi connectivity index (χ0) is 14.7. The molecule has 0 saturated heterocycles. The first-order valence-corrected chi connectivity index (χ1v) is 6.61. The van der Waals surface area contributed by atoms with Crippen molar-refractivity contribution in [3.8, 4) is 6.07 Å². The van der Waals surface area contributed by atoms with Gasteiger partial charge in [-0.1, -0.05) is 6.92 Å². The number of nitrogens with zero attached hydrogens (tertiary/aromatic N) is 2. The molecule has 1 amide bonds. The van der Waals surface area contributed by atoms with E-state index in [2.05, 4.69) is 16.4 Å². The van der Waals surface area contributed by atoms with Gasteiger partial charge < -0.3 is 16.2 Å². The van der Waals surface area contributed by atoms with Gasteiger partial charge in [0.15, 0.2) is 0 Å². The first-order valence-electron chi connectivity index (χ1n) is 6.61. The van der Waals surface area contributed by atoms with E-state index in [0.29, 0.717) is 12.1 Å². The SMILES string of the molecule is CC1C[C@@H](c2ccncc2N)CC(NC(=O)O)C1C#N. The van der Waals surface area contributed by atoms with Crippen molar-refractivity contribution in [2.75, 3.05) is 5.73 Å². The monoisotopic (exact) mass is 274 g/mol. The molecule has 0 bridgehead atoms. The molecule has 0 spiro atoms. The molecular formula is C14H18N4O2. The van der Waals surface area contributed by atoms with Crippen molar-refractivity contribution in [1.29, 1.82) is 5.26 Å². The first kappa shape index (κ1) is 14.1. The average Bonchev–Trinajstić information content (AvgIpc) is 2.38. The molecule has 0 aliphatic heterocycles. The van der Waals surface area contributed by atoms with E-state index < -0.39 is 6.09 Å². The van der Waals surface area contributed by atoms with Gasteiger partial charge in [-0.2, -0.15) is 5.26 Å². The number of hydrogen-bond acceptors (Lipinski definition) is 4. The van der Waals surface area contributed by atoms with Crippen LogP contribution in [0.4, 0.5) is 10.5 Å². The number of carboxylic acid groups (broad SMARTS) is 1. The maximum Gasteiger partial charge on any atom is 0.404 e. The van der Waals surface area contributed by atoms with Crippen molar-refractivity contribution in [2.24, 2.45) is 11.8 Å². The molecule has 6 nitrogen and oxygen atoms in total.